The molecule has 0 saturated heterocycles. The van der Waals surface area contributed by atoms with E-state index in [9.17, 15) is 63.1 Å². The number of thiophene rings is 8. The van der Waals surface area contributed by atoms with Crippen molar-refractivity contribution in [1.29, 1.82) is 0 Å². The molecule has 0 spiro atoms. The Morgan fingerprint density at radius 3 is 0.622 bits per heavy atom. The Labute approximate surface area is 489 Å². The van der Waals surface area contributed by atoms with E-state index in [0.717, 1.165) is 61.7 Å². The molecule has 4 aromatic carbocycles. The van der Waals surface area contributed by atoms with Crippen LogP contribution in [-0.2, 0) is 0 Å². The van der Waals surface area contributed by atoms with E-state index in [1.807, 2.05) is 84.9 Å². The van der Waals surface area contributed by atoms with Gasteiger partial charge in [0.1, 0.15) is 11.1 Å². The molecule has 0 bridgehead atoms. The number of benzene rings is 4. The number of carbonyl (C=O) groups excluding carboxylic acids is 4. The minimum absolute atomic E-state index is 0.0626. The molecular formula is C60H26F10O4S8. The molecule has 82 heavy (non-hydrogen) atoms. The number of carbonyl (C=O) groups is 4. The largest absolute Gasteiger partial charge is 0.288 e. The number of hydrogen-bond donors (Lipinski definition) is 0. The Bertz CT molecular complexity index is 4120. The predicted octanol–water partition coefficient (Wildman–Crippen LogP) is 20.2. The maximum atomic E-state index is 14.2. The van der Waals surface area contributed by atoms with Gasteiger partial charge in [0.2, 0.25) is 34.8 Å². The third kappa shape index (κ3) is 10.9. The van der Waals surface area contributed by atoms with Crippen molar-refractivity contribution < 1.29 is 63.1 Å². The van der Waals surface area contributed by atoms with Crippen molar-refractivity contribution in [2.24, 2.45) is 0 Å². The molecule has 0 saturated carbocycles. The minimum Gasteiger partial charge on any atom is -0.288 e. The lowest BCUT2D eigenvalue weighted by molar-refractivity contribution is 0.102. The quantitative estimate of drug-likeness (QED) is 0.0471. The summed E-state index contributed by atoms with van der Waals surface area (Å²) in [4.78, 5) is 62.4. The molecule has 4 nitrogen and oxygen atoms in total. The highest BCUT2D eigenvalue weighted by atomic mass is 32.1. The molecule has 22 heteroatoms. The van der Waals surface area contributed by atoms with Crippen molar-refractivity contribution in [3.05, 3.63) is 258 Å². The molecule has 0 amide bonds. The number of ketones is 4. The van der Waals surface area contributed by atoms with Crippen LogP contribution in [0.5, 0.6) is 0 Å². The van der Waals surface area contributed by atoms with Gasteiger partial charge in [0.25, 0.3) is 0 Å². The van der Waals surface area contributed by atoms with Crippen LogP contribution in [0.4, 0.5) is 43.9 Å². The standard InChI is InChI=1S/C30H8F10O2S4.C30H18O2S4/c31-19-17(20(32)24(36)27(39)23(19)35)29(41)15-7-5-13(45-15)11-3-1-9(43-11)10-2-4-12(44-10)14-6-8-16(46-14)30(42)18-21(33)25(37)28(40)26(38)22(18)34;31-29(19-7-3-1-4-8-19)27-17-15-25(35-27)23-13-11-21(33-23)22-12-14-24(34-22)26-16-18-28(36-26)30(32)20-9-5-2-6-10-20/h1-8H;1-18H. The minimum atomic E-state index is -2.38. The average molecular weight is 1260 g/mol. The average Bonchev–Trinajstić information content (AvgIpc) is 3.72. The molecule has 408 valence electrons. The van der Waals surface area contributed by atoms with Crippen LogP contribution in [0.3, 0.4) is 0 Å². The Morgan fingerprint density at radius 1 is 0.207 bits per heavy atom. The van der Waals surface area contributed by atoms with Crippen LogP contribution in [0.15, 0.2) is 158 Å². The van der Waals surface area contributed by atoms with Gasteiger partial charge in [-0.05, 0) is 97.1 Å². The maximum absolute atomic E-state index is 14.2. The predicted molar refractivity (Wildman–Crippen MR) is 308 cm³/mol. The topological polar surface area (TPSA) is 68.3 Å². The lowest BCUT2D eigenvalue weighted by Gasteiger charge is -2.06. The van der Waals surface area contributed by atoms with Gasteiger partial charge in [0, 0.05) is 69.7 Å². The second-order valence-corrected chi connectivity index (χ2v) is 25.9. The van der Waals surface area contributed by atoms with Gasteiger partial charge in [0.05, 0.1) is 19.5 Å². The lowest BCUT2D eigenvalue weighted by Crippen LogP contribution is -2.12. The van der Waals surface area contributed by atoms with Gasteiger partial charge in [-0.25, -0.2) is 43.9 Å². The summed E-state index contributed by atoms with van der Waals surface area (Å²) >= 11 is 10.6. The molecule has 8 heterocycles. The Balaban J connectivity index is 0.000000177. The molecule has 0 aliphatic heterocycles. The highest BCUT2D eigenvalue weighted by molar-refractivity contribution is 7.30. The molecule has 0 unspecified atom stereocenters. The normalized spacial score (nSPS) is 11.2. The second kappa shape index (κ2) is 23.4. The van der Waals surface area contributed by atoms with Crippen LogP contribution in [-0.4, -0.2) is 23.1 Å². The van der Waals surface area contributed by atoms with Crippen LogP contribution in [0, 0.1) is 58.2 Å². The Morgan fingerprint density at radius 2 is 0.390 bits per heavy atom. The van der Waals surface area contributed by atoms with Crippen LogP contribution < -0.4 is 0 Å². The summed E-state index contributed by atoms with van der Waals surface area (Å²) in [7, 11) is 0. The molecule has 0 N–H and O–H groups in total. The van der Waals surface area contributed by atoms with Crippen LogP contribution in [0.25, 0.3) is 58.5 Å². The smallest absolute Gasteiger partial charge is 0.209 e. The first-order chi connectivity index (χ1) is 39.4. The summed E-state index contributed by atoms with van der Waals surface area (Å²) < 4.78 is 138. The van der Waals surface area contributed by atoms with Crippen molar-refractivity contribution in [3.63, 3.8) is 0 Å². The van der Waals surface area contributed by atoms with Gasteiger partial charge >= 0.3 is 0 Å². The highest BCUT2D eigenvalue weighted by Crippen LogP contribution is 2.46. The SMILES string of the molecule is O=C(c1ccc(-c2ccc(-c3ccc(-c4ccc(C(=O)c5c(F)c(F)c(F)c(F)c5F)s4)s3)s2)s1)c1c(F)c(F)c(F)c(F)c1F.O=C(c1ccccc1)c1ccc(-c2ccc(-c3ccc(-c4ccc(C(=O)c5ccccc5)s4)s3)s2)s1. The van der Waals surface area contributed by atoms with E-state index < -0.39 is 80.9 Å². The monoisotopic (exact) mass is 1260 g/mol. The molecule has 0 radical (unpaired) electrons. The van der Waals surface area contributed by atoms with E-state index in [1.54, 1.807) is 46.9 Å². The van der Waals surface area contributed by atoms with Gasteiger partial charge < -0.3 is 0 Å². The molecule has 0 aliphatic carbocycles. The van der Waals surface area contributed by atoms with Crippen LogP contribution >= 0.6 is 90.7 Å². The molecular weight excluding hydrogens is 1230 g/mol. The van der Waals surface area contributed by atoms with E-state index >= 15 is 0 Å². The second-order valence-electron chi connectivity index (χ2n) is 17.2. The van der Waals surface area contributed by atoms with Gasteiger partial charge in [-0.3, -0.25) is 19.2 Å². The van der Waals surface area contributed by atoms with Crippen molar-refractivity contribution in [2.45, 2.75) is 0 Å². The summed E-state index contributed by atoms with van der Waals surface area (Å²) in [6.45, 7) is 0. The van der Waals surface area contributed by atoms with Crippen LogP contribution in [0.1, 0.15) is 60.9 Å². The fraction of sp³-hybridized carbons (Fsp3) is 0. The summed E-state index contributed by atoms with van der Waals surface area (Å²) in [5, 5.41) is 0. The number of hydrogen-bond acceptors (Lipinski definition) is 12. The number of halogens is 10. The molecule has 0 fully saturated rings. The van der Waals surface area contributed by atoms with E-state index in [4.69, 9.17) is 0 Å². The number of rotatable bonds is 14. The van der Waals surface area contributed by atoms with Crippen molar-refractivity contribution in [1.82, 2.24) is 0 Å². The molecule has 8 aromatic heterocycles. The van der Waals surface area contributed by atoms with E-state index in [2.05, 4.69) is 24.3 Å². The third-order valence-corrected chi connectivity index (χ3v) is 22.0. The van der Waals surface area contributed by atoms with E-state index in [-0.39, 0.29) is 21.3 Å². The first-order valence-electron chi connectivity index (χ1n) is 23.6. The van der Waals surface area contributed by atoms with Crippen molar-refractivity contribution >= 4 is 114 Å². The highest BCUT2D eigenvalue weighted by Gasteiger charge is 2.33. The summed E-state index contributed by atoms with van der Waals surface area (Å²) in [6.07, 6.45) is 0. The zero-order valence-electron chi connectivity index (χ0n) is 40.7. The molecule has 0 aliphatic rings. The fourth-order valence-corrected chi connectivity index (χ4v) is 16.5. The van der Waals surface area contributed by atoms with Gasteiger partial charge in [0.15, 0.2) is 46.5 Å². The Hall–Kier alpha value is -7.54. The summed E-state index contributed by atoms with van der Waals surface area (Å²) in [6, 6.07) is 47.4. The Kier molecular flexibility index (Phi) is 16.1. The molecule has 12 rings (SSSR count). The van der Waals surface area contributed by atoms with Gasteiger partial charge in [-0.1, -0.05) is 60.7 Å². The lowest BCUT2D eigenvalue weighted by atomic mass is 10.1. The summed E-state index contributed by atoms with van der Waals surface area (Å²) in [5.74, 6) is -25.2. The van der Waals surface area contributed by atoms with Crippen molar-refractivity contribution in [2.75, 3.05) is 0 Å². The van der Waals surface area contributed by atoms with Gasteiger partial charge in [-0.2, -0.15) is 0 Å². The van der Waals surface area contributed by atoms with Crippen LogP contribution in [0.2, 0.25) is 0 Å². The molecule has 0 atom stereocenters. The third-order valence-electron chi connectivity index (χ3n) is 12.1. The zero-order chi connectivity index (χ0) is 57.7. The van der Waals surface area contributed by atoms with Gasteiger partial charge in [-0.15, -0.1) is 90.7 Å². The first kappa shape index (κ1) is 56.3. The van der Waals surface area contributed by atoms with E-state index in [1.165, 1.54) is 79.4 Å². The van der Waals surface area contributed by atoms with Crippen molar-refractivity contribution in [3.8, 4) is 58.5 Å². The first-order valence-corrected chi connectivity index (χ1v) is 30.1. The zero-order valence-corrected chi connectivity index (χ0v) is 47.2. The van der Waals surface area contributed by atoms with E-state index in [0.29, 0.717) is 30.6 Å². The molecule has 12 aromatic rings. The fourth-order valence-electron chi connectivity index (χ4n) is 8.10. The maximum Gasteiger partial charge on any atom is 0.209 e. The summed E-state index contributed by atoms with van der Waals surface area (Å²) in [5.41, 5.74) is -1.70.